The van der Waals surface area contributed by atoms with Gasteiger partial charge in [-0.1, -0.05) is 6.07 Å². The third kappa shape index (κ3) is 3.30. The van der Waals surface area contributed by atoms with Gasteiger partial charge in [-0.05, 0) is 6.07 Å². The number of carbonyl (C=O) groups excluding carboxylic acids is 1. The molecular formula is C11H12N4O2. The summed E-state index contributed by atoms with van der Waals surface area (Å²) in [5.41, 5.74) is 6.84. The summed E-state index contributed by atoms with van der Waals surface area (Å²) in [6.45, 7) is 0.265. The lowest BCUT2D eigenvalue weighted by atomic mass is 10.3. The molecule has 0 aromatic carbocycles. The largest absolute Gasteiger partial charge is 0.459 e. The van der Waals surface area contributed by atoms with E-state index in [0.29, 0.717) is 5.69 Å². The van der Waals surface area contributed by atoms with E-state index in [2.05, 4.69) is 10.1 Å². The smallest absolute Gasteiger partial charge is 0.328 e. The number of nitrogen functional groups attached to an aromatic ring is 1. The van der Waals surface area contributed by atoms with Crippen LogP contribution in [0, 0.1) is 0 Å². The van der Waals surface area contributed by atoms with Gasteiger partial charge < -0.3 is 10.5 Å². The number of ether oxygens (including phenoxy) is 1. The second kappa shape index (κ2) is 5.11. The number of nitrogens with zero attached hydrogens (tertiary/aromatic N) is 3. The zero-order valence-electron chi connectivity index (χ0n) is 9.11. The standard InChI is InChI=1S/C11H12N4O2/c12-10-5-14-15(6-10)7-11(16)17-8-9-2-1-3-13-4-9/h1-6H,7-8,12H2. The third-order valence-corrected chi connectivity index (χ3v) is 2.07. The third-order valence-electron chi connectivity index (χ3n) is 2.07. The molecule has 0 radical (unpaired) electrons. The van der Waals surface area contributed by atoms with Crippen molar-refractivity contribution >= 4 is 11.7 Å². The summed E-state index contributed by atoms with van der Waals surface area (Å²) < 4.78 is 6.49. The molecule has 2 aromatic heterocycles. The van der Waals surface area contributed by atoms with Crippen LogP contribution in [0.2, 0.25) is 0 Å². The average molecular weight is 232 g/mol. The van der Waals surface area contributed by atoms with Crippen molar-refractivity contribution in [3.63, 3.8) is 0 Å². The molecule has 0 spiro atoms. The first kappa shape index (κ1) is 11.1. The zero-order valence-corrected chi connectivity index (χ0v) is 9.11. The fourth-order valence-corrected chi connectivity index (χ4v) is 1.29. The van der Waals surface area contributed by atoms with Crippen LogP contribution in [-0.4, -0.2) is 20.7 Å². The molecule has 2 N–H and O–H groups in total. The van der Waals surface area contributed by atoms with Crippen molar-refractivity contribution in [2.45, 2.75) is 13.2 Å². The Bertz CT molecular complexity index is 495. The van der Waals surface area contributed by atoms with Gasteiger partial charge in [-0.15, -0.1) is 0 Å². The van der Waals surface area contributed by atoms with Gasteiger partial charge in [-0.3, -0.25) is 14.5 Å². The maximum atomic E-state index is 11.5. The first-order chi connectivity index (χ1) is 8.24. The van der Waals surface area contributed by atoms with Crippen molar-refractivity contribution in [1.82, 2.24) is 14.8 Å². The highest BCUT2D eigenvalue weighted by Crippen LogP contribution is 2.01. The van der Waals surface area contributed by atoms with E-state index in [0.717, 1.165) is 5.56 Å². The van der Waals surface area contributed by atoms with E-state index in [9.17, 15) is 4.79 Å². The summed E-state index contributed by atoms with van der Waals surface area (Å²) >= 11 is 0. The van der Waals surface area contributed by atoms with Gasteiger partial charge in [0.05, 0.1) is 11.9 Å². The fraction of sp³-hybridized carbons (Fsp3) is 0.182. The van der Waals surface area contributed by atoms with E-state index in [-0.39, 0.29) is 19.1 Å². The second-order valence-corrected chi connectivity index (χ2v) is 3.49. The maximum Gasteiger partial charge on any atom is 0.328 e. The van der Waals surface area contributed by atoms with Gasteiger partial charge in [0.25, 0.3) is 0 Å². The molecule has 0 aliphatic carbocycles. The molecule has 0 unspecified atom stereocenters. The molecule has 2 heterocycles. The highest BCUT2D eigenvalue weighted by molar-refractivity contribution is 5.69. The van der Waals surface area contributed by atoms with Crippen LogP contribution in [0.5, 0.6) is 0 Å². The highest BCUT2D eigenvalue weighted by atomic mass is 16.5. The Morgan fingerprint density at radius 1 is 1.47 bits per heavy atom. The van der Waals surface area contributed by atoms with Crippen molar-refractivity contribution in [3.8, 4) is 0 Å². The molecule has 17 heavy (non-hydrogen) atoms. The summed E-state index contributed by atoms with van der Waals surface area (Å²) in [5, 5.41) is 3.89. The van der Waals surface area contributed by atoms with E-state index < -0.39 is 0 Å². The number of esters is 1. The van der Waals surface area contributed by atoms with E-state index >= 15 is 0 Å². The minimum absolute atomic E-state index is 0.0530. The van der Waals surface area contributed by atoms with Crippen molar-refractivity contribution < 1.29 is 9.53 Å². The molecule has 0 atom stereocenters. The molecule has 0 aliphatic heterocycles. The summed E-state index contributed by atoms with van der Waals surface area (Å²) in [4.78, 5) is 15.4. The molecule has 0 bridgehead atoms. The molecule has 2 aromatic rings. The molecule has 0 saturated heterocycles. The highest BCUT2D eigenvalue weighted by Gasteiger charge is 2.05. The molecule has 6 nitrogen and oxygen atoms in total. The SMILES string of the molecule is Nc1cnn(CC(=O)OCc2cccnc2)c1. The van der Waals surface area contributed by atoms with Gasteiger partial charge in [0, 0.05) is 24.2 Å². The minimum Gasteiger partial charge on any atom is -0.459 e. The summed E-state index contributed by atoms with van der Waals surface area (Å²) in [6.07, 6.45) is 6.37. The Hall–Kier alpha value is -2.37. The van der Waals surface area contributed by atoms with Gasteiger partial charge in [-0.2, -0.15) is 5.10 Å². The van der Waals surface area contributed by atoms with Crippen LogP contribution in [0.1, 0.15) is 5.56 Å². The van der Waals surface area contributed by atoms with Crippen LogP contribution >= 0.6 is 0 Å². The molecule has 0 saturated carbocycles. The Morgan fingerprint density at radius 2 is 2.35 bits per heavy atom. The fourth-order valence-electron chi connectivity index (χ4n) is 1.29. The lowest BCUT2D eigenvalue weighted by molar-refractivity contribution is -0.145. The van der Waals surface area contributed by atoms with Gasteiger partial charge in [0.2, 0.25) is 0 Å². The van der Waals surface area contributed by atoms with Crippen LogP contribution in [0.25, 0.3) is 0 Å². The molecule has 2 rings (SSSR count). The Labute approximate surface area is 98.0 Å². The number of pyridine rings is 1. The number of carbonyl (C=O) groups is 1. The van der Waals surface area contributed by atoms with E-state index in [1.54, 1.807) is 24.7 Å². The van der Waals surface area contributed by atoms with Gasteiger partial charge in [0.1, 0.15) is 13.2 Å². The van der Waals surface area contributed by atoms with Crippen molar-refractivity contribution in [2.24, 2.45) is 0 Å². The lowest BCUT2D eigenvalue weighted by Gasteiger charge is -2.04. The monoisotopic (exact) mass is 232 g/mol. The van der Waals surface area contributed by atoms with E-state index in [1.807, 2.05) is 6.07 Å². The number of hydrogen-bond donors (Lipinski definition) is 1. The van der Waals surface area contributed by atoms with Crippen molar-refractivity contribution in [2.75, 3.05) is 5.73 Å². The number of aromatic nitrogens is 3. The summed E-state index contributed by atoms with van der Waals surface area (Å²) in [7, 11) is 0. The van der Waals surface area contributed by atoms with Gasteiger partial charge in [0.15, 0.2) is 0 Å². The molecule has 88 valence electrons. The first-order valence-electron chi connectivity index (χ1n) is 5.06. The van der Waals surface area contributed by atoms with Crippen LogP contribution in [-0.2, 0) is 22.7 Å². The topological polar surface area (TPSA) is 83.0 Å². The summed E-state index contributed by atoms with van der Waals surface area (Å²) in [6, 6.07) is 3.63. The maximum absolute atomic E-state index is 11.5. The summed E-state index contributed by atoms with van der Waals surface area (Å²) in [5.74, 6) is -0.364. The Morgan fingerprint density at radius 3 is 3.00 bits per heavy atom. The second-order valence-electron chi connectivity index (χ2n) is 3.49. The zero-order chi connectivity index (χ0) is 12.1. The number of anilines is 1. The average Bonchev–Trinajstić information content (AvgIpc) is 2.73. The molecular weight excluding hydrogens is 220 g/mol. The van der Waals surface area contributed by atoms with Crippen LogP contribution < -0.4 is 5.73 Å². The number of hydrogen-bond acceptors (Lipinski definition) is 5. The van der Waals surface area contributed by atoms with E-state index in [4.69, 9.17) is 10.5 Å². The lowest BCUT2D eigenvalue weighted by Crippen LogP contribution is -2.13. The number of nitrogens with two attached hydrogens (primary N) is 1. The molecule has 0 aliphatic rings. The predicted octanol–water partition coefficient (Wildman–Crippen LogP) is 0.604. The predicted molar refractivity (Wildman–Crippen MR) is 60.7 cm³/mol. The Balaban J connectivity index is 1.82. The first-order valence-corrected chi connectivity index (χ1v) is 5.06. The van der Waals surface area contributed by atoms with Gasteiger partial charge in [-0.25, -0.2) is 0 Å². The Kier molecular flexibility index (Phi) is 3.34. The van der Waals surface area contributed by atoms with Crippen LogP contribution in [0.4, 0.5) is 5.69 Å². The molecule has 0 fully saturated rings. The van der Waals surface area contributed by atoms with E-state index in [1.165, 1.54) is 10.9 Å². The van der Waals surface area contributed by atoms with Crippen LogP contribution in [0.15, 0.2) is 36.9 Å². The van der Waals surface area contributed by atoms with Crippen molar-refractivity contribution in [1.29, 1.82) is 0 Å². The number of rotatable bonds is 4. The molecule has 6 heteroatoms. The van der Waals surface area contributed by atoms with Gasteiger partial charge >= 0.3 is 5.97 Å². The molecule has 0 amide bonds. The van der Waals surface area contributed by atoms with Crippen LogP contribution in [0.3, 0.4) is 0 Å². The minimum atomic E-state index is -0.364. The quantitative estimate of drug-likeness (QED) is 0.780. The normalized spacial score (nSPS) is 10.1. The van der Waals surface area contributed by atoms with Crippen molar-refractivity contribution in [3.05, 3.63) is 42.5 Å².